The van der Waals surface area contributed by atoms with E-state index in [-0.39, 0.29) is 18.5 Å². The highest BCUT2D eigenvalue weighted by molar-refractivity contribution is 5.76. The predicted octanol–water partition coefficient (Wildman–Crippen LogP) is 19.6. The molecule has 0 saturated carbocycles. The average Bonchev–Trinajstić information content (AvgIpc) is 3.36. The molecule has 0 fully saturated rings. The molecule has 0 saturated heterocycles. The normalized spacial score (nSPS) is 12.8. The molecule has 1 amide bonds. The first-order valence-corrected chi connectivity index (χ1v) is 31.3. The molecule has 0 rings (SSSR count). The van der Waals surface area contributed by atoms with Gasteiger partial charge in [0.15, 0.2) is 0 Å². The quantitative estimate of drug-likeness (QED) is 0.0321. The summed E-state index contributed by atoms with van der Waals surface area (Å²) in [6, 6.07) is -0.627. The molecule has 0 aromatic carbocycles. The predicted molar refractivity (Wildman–Crippen MR) is 306 cm³/mol. The second-order valence-electron chi connectivity index (χ2n) is 21.4. The topological polar surface area (TPSA) is 95.9 Å². The van der Waals surface area contributed by atoms with Crippen LogP contribution in [-0.2, 0) is 14.3 Å². The molecule has 0 aliphatic heterocycles. The van der Waals surface area contributed by atoms with Crippen LogP contribution >= 0.6 is 0 Å². The number of carbonyl (C=O) groups excluding carboxylic acids is 2. The molecule has 0 heterocycles. The van der Waals surface area contributed by atoms with Crippen LogP contribution in [0.1, 0.15) is 335 Å². The smallest absolute Gasteiger partial charge is 0.305 e. The highest BCUT2D eigenvalue weighted by atomic mass is 16.5. The van der Waals surface area contributed by atoms with Crippen LogP contribution in [0.15, 0.2) is 36.5 Å². The van der Waals surface area contributed by atoms with Crippen molar-refractivity contribution in [2.24, 2.45) is 0 Å². The molecular formula is C64H121NO5. The zero-order valence-electron chi connectivity index (χ0n) is 47.0. The fraction of sp³-hybridized carbons (Fsp3) is 0.875. The summed E-state index contributed by atoms with van der Waals surface area (Å²) in [6.07, 6.45) is 74.7. The van der Waals surface area contributed by atoms with Gasteiger partial charge in [-0.15, -0.1) is 0 Å². The van der Waals surface area contributed by atoms with Gasteiger partial charge >= 0.3 is 5.97 Å². The Morgan fingerprint density at radius 1 is 0.400 bits per heavy atom. The van der Waals surface area contributed by atoms with Crippen molar-refractivity contribution in [1.82, 2.24) is 5.32 Å². The van der Waals surface area contributed by atoms with Gasteiger partial charge in [0.2, 0.25) is 5.91 Å². The van der Waals surface area contributed by atoms with E-state index in [4.69, 9.17) is 4.74 Å². The summed E-state index contributed by atoms with van der Waals surface area (Å²) in [5, 5.41) is 23.1. The maximum Gasteiger partial charge on any atom is 0.305 e. The van der Waals surface area contributed by atoms with E-state index in [9.17, 15) is 19.8 Å². The van der Waals surface area contributed by atoms with Gasteiger partial charge in [-0.05, 0) is 57.8 Å². The van der Waals surface area contributed by atoms with Gasteiger partial charge in [0.1, 0.15) is 0 Å². The molecule has 6 heteroatoms. The summed E-state index contributed by atoms with van der Waals surface area (Å²) in [5.74, 6) is -0.0654. The number of unbranched alkanes of at least 4 members (excludes halogenated alkanes) is 43. The van der Waals surface area contributed by atoms with Crippen LogP contribution in [-0.4, -0.2) is 47.4 Å². The summed E-state index contributed by atoms with van der Waals surface area (Å²) in [4.78, 5) is 24.5. The Balaban J connectivity index is 3.39. The highest BCUT2D eigenvalue weighted by Gasteiger charge is 2.18. The number of esters is 1. The number of allylic oxidation sites excluding steroid dienone is 5. The molecule has 3 N–H and O–H groups in total. The molecule has 6 nitrogen and oxygen atoms in total. The van der Waals surface area contributed by atoms with Gasteiger partial charge in [-0.3, -0.25) is 9.59 Å². The highest BCUT2D eigenvalue weighted by Crippen LogP contribution is 2.18. The molecule has 0 aromatic heterocycles. The lowest BCUT2D eigenvalue weighted by Gasteiger charge is -2.20. The fourth-order valence-electron chi connectivity index (χ4n) is 9.59. The van der Waals surface area contributed by atoms with E-state index < -0.39 is 12.1 Å². The van der Waals surface area contributed by atoms with Gasteiger partial charge in [-0.25, -0.2) is 0 Å². The molecule has 0 spiro atoms. The van der Waals surface area contributed by atoms with Gasteiger partial charge in [0.05, 0.1) is 25.4 Å². The van der Waals surface area contributed by atoms with Crippen LogP contribution < -0.4 is 5.32 Å². The summed E-state index contributed by atoms with van der Waals surface area (Å²) >= 11 is 0. The maximum atomic E-state index is 12.5. The third kappa shape index (κ3) is 55.4. The fourth-order valence-corrected chi connectivity index (χ4v) is 9.59. The van der Waals surface area contributed by atoms with Gasteiger partial charge in [-0.2, -0.15) is 0 Å². The molecule has 0 bridgehead atoms. The minimum atomic E-state index is -0.843. The van der Waals surface area contributed by atoms with Gasteiger partial charge < -0.3 is 20.3 Å². The van der Waals surface area contributed by atoms with Crippen molar-refractivity contribution in [2.75, 3.05) is 13.2 Å². The van der Waals surface area contributed by atoms with Crippen molar-refractivity contribution in [3.63, 3.8) is 0 Å². The largest absolute Gasteiger partial charge is 0.466 e. The Morgan fingerprint density at radius 2 is 0.729 bits per heavy atom. The molecule has 0 aliphatic carbocycles. The molecule has 70 heavy (non-hydrogen) atoms. The van der Waals surface area contributed by atoms with Gasteiger partial charge in [-0.1, -0.05) is 301 Å². The lowest BCUT2D eigenvalue weighted by atomic mass is 10.0. The lowest BCUT2D eigenvalue weighted by molar-refractivity contribution is -0.143. The number of carbonyl (C=O) groups is 2. The Morgan fingerprint density at radius 3 is 1.13 bits per heavy atom. The van der Waals surface area contributed by atoms with Crippen molar-refractivity contribution < 1.29 is 24.5 Å². The van der Waals surface area contributed by atoms with Crippen LogP contribution in [0.2, 0.25) is 0 Å². The van der Waals surface area contributed by atoms with Crippen molar-refractivity contribution in [3.05, 3.63) is 36.5 Å². The number of amides is 1. The van der Waals surface area contributed by atoms with E-state index >= 15 is 0 Å². The second kappa shape index (κ2) is 59.6. The molecule has 0 aliphatic rings. The van der Waals surface area contributed by atoms with E-state index in [2.05, 4.69) is 43.5 Å². The Kier molecular flexibility index (Phi) is 58.0. The summed E-state index contributed by atoms with van der Waals surface area (Å²) in [5.41, 5.74) is 0. The first kappa shape index (κ1) is 68.1. The van der Waals surface area contributed by atoms with Crippen molar-refractivity contribution >= 4 is 11.9 Å². The summed E-state index contributed by atoms with van der Waals surface area (Å²) in [7, 11) is 0. The summed E-state index contributed by atoms with van der Waals surface area (Å²) < 4.78 is 5.47. The number of hydrogen-bond donors (Lipinski definition) is 3. The number of ether oxygens (including phenoxy) is 1. The SMILES string of the molecule is CCCC/C=C\C/C=C\CCCCCCCC(=O)OCCCCCCCCCCCCCCCCCCCCCCCCCCC(=O)NC(CO)C(O)/C=C/CCCCCCCCCCCCCCC. The van der Waals surface area contributed by atoms with Gasteiger partial charge in [0, 0.05) is 12.8 Å². The molecule has 2 unspecified atom stereocenters. The van der Waals surface area contributed by atoms with E-state index in [1.807, 2.05) is 6.08 Å². The standard InChI is InChI=1S/C64H121NO5/c1-3-5-7-9-11-13-15-17-29-32-36-40-44-48-52-56-62(67)61(60-66)65-63(68)57-53-49-45-41-37-33-30-27-25-23-21-19-20-22-24-26-28-31-35-39-43-47-51-55-59-70-64(69)58-54-50-46-42-38-34-18-16-14-12-10-8-6-4-2/h10,12,16,18,52,56,61-62,66-67H,3-9,11,13-15,17,19-51,53-55,57-60H2,1-2H3,(H,65,68)/b12-10-,18-16-,56-52+. The van der Waals surface area contributed by atoms with Crippen LogP contribution in [0, 0.1) is 0 Å². The summed E-state index contributed by atoms with van der Waals surface area (Å²) in [6.45, 7) is 4.87. The molecule has 0 radical (unpaired) electrons. The number of aliphatic hydroxyl groups is 2. The maximum absolute atomic E-state index is 12.5. The minimum absolute atomic E-state index is 0.000295. The van der Waals surface area contributed by atoms with Crippen molar-refractivity contribution in [1.29, 1.82) is 0 Å². The number of rotatable bonds is 58. The van der Waals surface area contributed by atoms with E-state index in [1.165, 1.54) is 257 Å². The monoisotopic (exact) mass is 984 g/mol. The second-order valence-corrected chi connectivity index (χ2v) is 21.4. The molecule has 412 valence electrons. The van der Waals surface area contributed by atoms with Crippen LogP contribution in [0.4, 0.5) is 0 Å². The Bertz CT molecular complexity index is 1130. The lowest BCUT2D eigenvalue weighted by Crippen LogP contribution is -2.45. The van der Waals surface area contributed by atoms with Crippen LogP contribution in [0.3, 0.4) is 0 Å². The van der Waals surface area contributed by atoms with E-state index in [0.717, 1.165) is 51.4 Å². The van der Waals surface area contributed by atoms with E-state index in [1.54, 1.807) is 6.08 Å². The number of aliphatic hydroxyl groups excluding tert-OH is 2. The number of hydrogen-bond acceptors (Lipinski definition) is 5. The van der Waals surface area contributed by atoms with Crippen molar-refractivity contribution in [2.45, 2.75) is 347 Å². The average molecular weight is 985 g/mol. The minimum Gasteiger partial charge on any atom is -0.466 e. The van der Waals surface area contributed by atoms with Gasteiger partial charge in [0.25, 0.3) is 0 Å². The Labute approximate surface area is 436 Å². The Hall–Kier alpha value is -1.92. The van der Waals surface area contributed by atoms with Crippen LogP contribution in [0.25, 0.3) is 0 Å². The third-order valence-corrected chi connectivity index (χ3v) is 14.4. The zero-order chi connectivity index (χ0) is 50.7. The van der Waals surface area contributed by atoms with E-state index in [0.29, 0.717) is 19.4 Å². The molecule has 0 aromatic rings. The third-order valence-electron chi connectivity index (χ3n) is 14.4. The first-order valence-electron chi connectivity index (χ1n) is 31.3. The first-order chi connectivity index (χ1) is 34.5. The number of nitrogens with one attached hydrogen (secondary N) is 1. The molecule has 2 atom stereocenters. The van der Waals surface area contributed by atoms with Crippen LogP contribution in [0.5, 0.6) is 0 Å². The molecular weight excluding hydrogens is 863 g/mol. The zero-order valence-corrected chi connectivity index (χ0v) is 47.0. The van der Waals surface area contributed by atoms with Crippen molar-refractivity contribution in [3.8, 4) is 0 Å².